The van der Waals surface area contributed by atoms with Crippen LogP contribution in [0.4, 0.5) is 22.0 Å². The molecule has 0 radical (unpaired) electrons. The molecule has 1 aromatic heterocycles. The zero-order valence-corrected chi connectivity index (χ0v) is 22.1. The van der Waals surface area contributed by atoms with Gasteiger partial charge >= 0.3 is 5.97 Å². The predicted octanol–water partition coefficient (Wildman–Crippen LogP) is 6.56. The van der Waals surface area contributed by atoms with Crippen LogP contribution in [-0.4, -0.2) is 54.3 Å². The van der Waals surface area contributed by atoms with E-state index in [1.54, 1.807) is 18.2 Å². The van der Waals surface area contributed by atoms with E-state index in [-0.39, 0.29) is 37.0 Å². The van der Waals surface area contributed by atoms with Gasteiger partial charge in [0.1, 0.15) is 31.0 Å². The number of aromatic nitrogens is 1. The first kappa shape index (κ1) is 29.5. The van der Waals surface area contributed by atoms with Crippen LogP contribution in [0.3, 0.4) is 0 Å². The first-order valence-electron chi connectivity index (χ1n) is 13.0. The summed E-state index contributed by atoms with van der Waals surface area (Å²) in [7, 11) is 1.48. The molecule has 40 heavy (non-hydrogen) atoms. The van der Waals surface area contributed by atoms with Crippen molar-refractivity contribution in [2.45, 2.75) is 45.0 Å². The minimum Gasteiger partial charge on any atom is -0.497 e. The molecule has 0 spiro atoms. The van der Waals surface area contributed by atoms with Crippen LogP contribution in [0, 0.1) is 22.9 Å². The molecule has 0 bridgehead atoms. The molecule has 4 rings (SSSR count). The van der Waals surface area contributed by atoms with Crippen molar-refractivity contribution in [1.29, 1.82) is 0 Å². The number of pyridine rings is 1. The minimum absolute atomic E-state index is 0.00281. The van der Waals surface area contributed by atoms with Crippen LogP contribution < -0.4 is 9.47 Å². The number of carbonyl (C=O) groups is 1. The number of nitrogens with zero attached hydrogens (tertiary/aromatic N) is 2. The molecular formula is C29H31F5N2O4. The van der Waals surface area contributed by atoms with Crippen LogP contribution in [0.5, 0.6) is 11.5 Å². The third-order valence-corrected chi connectivity index (χ3v) is 7.64. The number of aliphatic carboxylic acids is 1. The van der Waals surface area contributed by atoms with Crippen LogP contribution in [0.2, 0.25) is 0 Å². The van der Waals surface area contributed by atoms with Gasteiger partial charge in [-0.1, -0.05) is 0 Å². The molecule has 1 saturated heterocycles. The Morgan fingerprint density at radius 3 is 2.48 bits per heavy atom. The molecule has 2 aromatic carbocycles. The Morgan fingerprint density at radius 2 is 1.85 bits per heavy atom. The van der Waals surface area contributed by atoms with Crippen LogP contribution in [0.1, 0.15) is 49.4 Å². The molecule has 3 aromatic rings. The summed E-state index contributed by atoms with van der Waals surface area (Å²) in [4.78, 5) is 17.9. The lowest BCUT2D eigenvalue weighted by molar-refractivity contribution is -0.141. The van der Waals surface area contributed by atoms with Gasteiger partial charge in [0.25, 0.3) is 0 Å². The number of hydrogen-bond donors (Lipinski definition) is 1. The Bertz CT molecular complexity index is 1320. The van der Waals surface area contributed by atoms with Gasteiger partial charge in [-0.2, -0.15) is 0 Å². The largest absolute Gasteiger partial charge is 0.497 e. The average molecular weight is 567 g/mol. The highest BCUT2D eigenvalue weighted by atomic mass is 19.2. The molecule has 0 amide bonds. The molecule has 0 aliphatic carbocycles. The Kier molecular flexibility index (Phi) is 9.44. The van der Waals surface area contributed by atoms with Crippen LogP contribution >= 0.6 is 0 Å². The lowest BCUT2D eigenvalue weighted by atomic mass is 9.71. The van der Waals surface area contributed by atoms with E-state index in [1.807, 2.05) is 4.90 Å². The van der Waals surface area contributed by atoms with E-state index in [0.29, 0.717) is 61.3 Å². The van der Waals surface area contributed by atoms with Crippen molar-refractivity contribution in [3.8, 4) is 11.5 Å². The van der Waals surface area contributed by atoms with Gasteiger partial charge in [0.2, 0.25) is 0 Å². The molecule has 6 nitrogen and oxygen atoms in total. The highest BCUT2D eigenvalue weighted by Gasteiger charge is 2.37. The molecule has 0 saturated carbocycles. The number of halogens is 5. The molecule has 1 aliphatic heterocycles. The topological polar surface area (TPSA) is 71.9 Å². The highest BCUT2D eigenvalue weighted by Crippen LogP contribution is 2.43. The van der Waals surface area contributed by atoms with Gasteiger partial charge in [0.15, 0.2) is 17.4 Å². The van der Waals surface area contributed by atoms with Crippen molar-refractivity contribution >= 4 is 16.9 Å². The van der Waals surface area contributed by atoms with E-state index in [9.17, 15) is 27.5 Å². The fraction of sp³-hybridized carbons (Fsp3) is 0.448. The third-order valence-electron chi connectivity index (χ3n) is 7.64. The number of carboxylic acid groups (broad SMARTS) is 1. The lowest BCUT2D eigenvalue weighted by Gasteiger charge is -2.41. The number of carboxylic acids is 1. The normalized spacial score (nSPS) is 16.1. The first-order valence-corrected chi connectivity index (χ1v) is 13.0. The van der Waals surface area contributed by atoms with Crippen molar-refractivity contribution in [3.05, 3.63) is 65.1 Å². The molecule has 2 heterocycles. The summed E-state index contributed by atoms with van der Waals surface area (Å²) in [6.07, 6.45) is 0.851. The van der Waals surface area contributed by atoms with Crippen LogP contribution in [0.25, 0.3) is 10.9 Å². The molecule has 1 aliphatic rings. The Labute approximate surface area is 228 Å². The highest BCUT2D eigenvalue weighted by molar-refractivity contribution is 5.85. The first-order chi connectivity index (χ1) is 19.1. The molecule has 1 N–H and O–H groups in total. The average Bonchev–Trinajstić information content (AvgIpc) is 2.92. The molecular weight excluding hydrogens is 535 g/mol. The van der Waals surface area contributed by atoms with E-state index in [4.69, 9.17) is 9.47 Å². The summed E-state index contributed by atoms with van der Waals surface area (Å²) < 4.78 is 80.8. The van der Waals surface area contributed by atoms with E-state index in [2.05, 4.69) is 4.98 Å². The second kappa shape index (κ2) is 12.8. The van der Waals surface area contributed by atoms with E-state index < -0.39 is 47.4 Å². The number of alkyl halides is 2. The zero-order chi connectivity index (χ0) is 28.9. The van der Waals surface area contributed by atoms with E-state index in [1.165, 1.54) is 13.3 Å². The summed E-state index contributed by atoms with van der Waals surface area (Å²) in [5.74, 6) is -4.45. The van der Waals surface area contributed by atoms with Crippen molar-refractivity contribution in [2.24, 2.45) is 5.41 Å². The summed E-state index contributed by atoms with van der Waals surface area (Å²) >= 11 is 0. The number of likely N-dealkylation sites (tertiary alicyclic amines) is 1. The zero-order valence-electron chi connectivity index (χ0n) is 22.1. The predicted molar refractivity (Wildman–Crippen MR) is 138 cm³/mol. The van der Waals surface area contributed by atoms with Gasteiger partial charge in [-0.05, 0) is 62.4 Å². The number of ether oxygens (including phenoxy) is 2. The van der Waals surface area contributed by atoms with E-state index in [0.717, 1.165) is 0 Å². The molecule has 1 unspecified atom stereocenters. The Morgan fingerprint density at radius 1 is 1.15 bits per heavy atom. The van der Waals surface area contributed by atoms with Crippen molar-refractivity contribution in [2.75, 3.05) is 33.4 Å². The van der Waals surface area contributed by atoms with Crippen molar-refractivity contribution in [1.82, 2.24) is 9.88 Å². The number of benzene rings is 2. The number of piperidine rings is 1. The molecule has 11 heteroatoms. The van der Waals surface area contributed by atoms with Crippen LogP contribution in [-0.2, 0) is 11.5 Å². The van der Waals surface area contributed by atoms with Gasteiger partial charge in [-0.3, -0.25) is 14.7 Å². The molecule has 216 valence electrons. The summed E-state index contributed by atoms with van der Waals surface area (Å²) in [6.45, 7) is 0.331. The standard InChI is InChI=1S/C29H31F5N2O4/c1-39-20-2-3-25-21(14-20)27(18(16-30)17-35-25)22(32)4-5-29(15-26(37)38)6-8-36(9-7-29)10-11-40-28-23(33)12-19(31)13-24(28)34/h2-3,12-14,17,22H,4-11,15-16H2,1H3,(H,37,38). The third kappa shape index (κ3) is 6.80. The van der Waals surface area contributed by atoms with Crippen molar-refractivity contribution in [3.63, 3.8) is 0 Å². The summed E-state index contributed by atoms with van der Waals surface area (Å²) in [6, 6.07) is 6.07. The fourth-order valence-electron chi connectivity index (χ4n) is 5.44. The smallest absolute Gasteiger partial charge is 0.303 e. The fourth-order valence-corrected chi connectivity index (χ4v) is 5.44. The van der Waals surface area contributed by atoms with Crippen molar-refractivity contribution < 1.29 is 41.3 Å². The summed E-state index contributed by atoms with van der Waals surface area (Å²) in [5, 5.41) is 10.1. The second-order valence-electron chi connectivity index (χ2n) is 10.2. The maximum Gasteiger partial charge on any atom is 0.303 e. The molecule has 1 fully saturated rings. The maximum atomic E-state index is 15.8. The Hall–Kier alpha value is -3.47. The quantitative estimate of drug-likeness (QED) is 0.251. The maximum absolute atomic E-state index is 15.8. The minimum atomic E-state index is -1.54. The van der Waals surface area contributed by atoms with Gasteiger partial charge < -0.3 is 14.6 Å². The van der Waals surface area contributed by atoms with Crippen LogP contribution in [0.15, 0.2) is 36.5 Å². The van der Waals surface area contributed by atoms with Gasteiger partial charge in [0.05, 0.1) is 19.0 Å². The van der Waals surface area contributed by atoms with Gasteiger partial charge in [-0.15, -0.1) is 0 Å². The van der Waals surface area contributed by atoms with E-state index >= 15 is 4.39 Å². The number of rotatable bonds is 12. The monoisotopic (exact) mass is 566 g/mol. The summed E-state index contributed by atoms with van der Waals surface area (Å²) in [5.41, 5.74) is 0.182. The second-order valence-corrected chi connectivity index (χ2v) is 10.2. The Balaban J connectivity index is 1.41. The molecule has 1 atom stereocenters. The SMILES string of the molecule is COc1ccc2ncc(CF)c(C(F)CCC3(CC(=O)O)CCN(CCOc4c(F)cc(F)cc4F)CC3)c2c1. The van der Waals surface area contributed by atoms with Gasteiger partial charge in [-0.25, -0.2) is 22.0 Å². The lowest BCUT2D eigenvalue weighted by Crippen LogP contribution is -2.42. The number of hydrogen-bond acceptors (Lipinski definition) is 5. The number of methoxy groups -OCH3 is 1. The number of fused-ring (bicyclic) bond motifs is 1. The van der Waals surface area contributed by atoms with Gasteiger partial charge in [0, 0.05) is 41.4 Å².